The fourth-order valence-corrected chi connectivity index (χ4v) is 3.19. The number of hydrogen-bond acceptors (Lipinski definition) is 6. The van der Waals surface area contributed by atoms with Gasteiger partial charge in [-0.3, -0.25) is 9.69 Å². The molecule has 0 bridgehead atoms. The van der Waals surface area contributed by atoms with E-state index < -0.39 is 0 Å². The minimum atomic E-state index is -0.0831. The Hall–Kier alpha value is -2.80. The molecule has 0 radical (unpaired) electrons. The minimum absolute atomic E-state index is 0.0831. The highest BCUT2D eigenvalue weighted by Crippen LogP contribution is 2.29. The third kappa shape index (κ3) is 3.51. The van der Waals surface area contributed by atoms with E-state index in [9.17, 15) is 4.79 Å². The molecule has 1 saturated carbocycles. The van der Waals surface area contributed by atoms with Gasteiger partial charge in [0.2, 0.25) is 0 Å². The van der Waals surface area contributed by atoms with Crippen LogP contribution in [0.1, 0.15) is 23.2 Å². The number of hydrogen-bond donors (Lipinski definition) is 1. The molecule has 1 fully saturated rings. The quantitative estimate of drug-likeness (QED) is 0.762. The van der Waals surface area contributed by atoms with E-state index in [0.717, 1.165) is 17.2 Å². The van der Waals surface area contributed by atoms with Gasteiger partial charge in [0.25, 0.3) is 5.91 Å². The lowest BCUT2D eigenvalue weighted by Crippen LogP contribution is -2.25. The normalized spacial score (nSPS) is 13.5. The first-order valence-electron chi connectivity index (χ1n) is 8.08. The lowest BCUT2D eigenvalue weighted by atomic mass is 10.2. The second kappa shape index (κ2) is 6.60. The molecule has 2 heterocycles. The Kier molecular flexibility index (Phi) is 4.15. The van der Waals surface area contributed by atoms with Crippen molar-refractivity contribution in [3.63, 3.8) is 0 Å². The van der Waals surface area contributed by atoms with Crippen LogP contribution >= 0.6 is 11.3 Å². The topological polar surface area (TPSA) is 71.0 Å². The first-order chi connectivity index (χ1) is 12.2. The zero-order valence-corrected chi connectivity index (χ0v) is 14.5. The Morgan fingerprint density at radius 3 is 2.76 bits per heavy atom. The fraction of sp³-hybridized carbons (Fsp3) is 0.222. The lowest BCUT2D eigenvalue weighted by Gasteiger charge is -2.13. The average Bonchev–Trinajstić information content (AvgIpc) is 3.33. The molecular formula is C18H17N5OS. The SMILES string of the molecule is CN(C(=O)c1ccccc1)c1nc(-c2cc(NC3CC3)ncn2)cs1. The average molecular weight is 351 g/mol. The van der Waals surface area contributed by atoms with Crippen molar-refractivity contribution in [2.45, 2.75) is 18.9 Å². The molecule has 0 aliphatic heterocycles. The van der Waals surface area contributed by atoms with Crippen LogP contribution in [0.4, 0.5) is 10.9 Å². The van der Waals surface area contributed by atoms with Crippen molar-refractivity contribution >= 4 is 28.2 Å². The van der Waals surface area contributed by atoms with E-state index in [0.29, 0.717) is 16.7 Å². The molecule has 126 valence electrons. The van der Waals surface area contributed by atoms with Crippen molar-refractivity contribution in [1.82, 2.24) is 15.0 Å². The number of anilines is 2. The largest absolute Gasteiger partial charge is 0.367 e. The molecule has 0 atom stereocenters. The second-order valence-electron chi connectivity index (χ2n) is 5.95. The molecule has 25 heavy (non-hydrogen) atoms. The van der Waals surface area contributed by atoms with Gasteiger partial charge in [-0.25, -0.2) is 15.0 Å². The Balaban J connectivity index is 1.54. The summed E-state index contributed by atoms with van der Waals surface area (Å²) in [6.07, 6.45) is 3.91. The van der Waals surface area contributed by atoms with Gasteiger partial charge in [0, 0.05) is 30.1 Å². The number of thiazole rings is 1. The fourth-order valence-electron chi connectivity index (χ4n) is 2.41. The maximum atomic E-state index is 12.5. The number of carbonyl (C=O) groups is 1. The number of benzene rings is 1. The predicted octanol–water partition coefficient (Wildman–Crippen LogP) is 3.45. The number of nitrogens with zero attached hydrogens (tertiary/aromatic N) is 4. The third-order valence-corrected chi connectivity index (χ3v) is 4.88. The highest BCUT2D eigenvalue weighted by atomic mass is 32.1. The third-order valence-electron chi connectivity index (χ3n) is 3.96. The van der Waals surface area contributed by atoms with Crippen LogP contribution < -0.4 is 10.2 Å². The Morgan fingerprint density at radius 1 is 1.20 bits per heavy atom. The summed E-state index contributed by atoms with van der Waals surface area (Å²) in [7, 11) is 1.73. The molecule has 1 aliphatic carbocycles. The monoisotopic (exact) mass is 351 g/mol. The molecule has 4 rings (SSSR count). The summed E-state index contributed by atoms with van der Waals surface area (Å²) in [6, 6.07) is 11.6. The van der Waals surface area contributed by atoms with E-state index in [-0.39, 0.29) is 5.91 Å². The van der Waals surface area contributed by atoms with E-state index in [4.69, 9.17) is 0 Å². The highest BCUT2D eigenvalue weighted by molar-refractivity contribution is 7.14. The van der Waals surface area contributed by atoms with Crippen LogP contribution in [0.2, 0.25) is 0 Å². The molecule has 0 saturated heterocycles. The maximum absolute atomic E-state index is 12.5. The van der Waals surface area contributed by atoms with Crippen LogP contribution in [0.15, 0.2) is 48.1 Å². The smallest absolute Gasteiger partial charge is 0.259 e. The molecule has 1 aromatic carbocycles. The van der Waals surface area contributed by atoms with Crippen molar-refractivity contribution in [2.75, 3.05) is 17.3 Å². The summed E-state index contributed by atoms with van der Waals surface area (Å²) in [5.41, 5.74) is 2.13. The van der Waals surface area contributed by atoms with Gasteiger partial charge in [-0.1, -0.05) is 18.2 Å². The van der Waals surface area contributed by atoms with Crippen LogP contribution in [-0.4, -0.2) is 33.9 Å². The molecule has 2 aromatic heterocycles. The van der Waals surface area contributed by atoms with Gasteiger partial charge >= 0.3 is 0 Å². The first-order valence-corrected chi connectivity index (χ1v) is 8.96. The second-order valence-corrected chi connectivity index (χ2v) is 6.79. The minimum Gasteiger partial charge on any atom is -0.367 e. The number of aromatic nitrogens is 3. The standard InChI is InChI=1S/C18H17N5OS/c1-23(17(24)12-5-3-2-4-6-12)18-22-15(10-25-18)14-9-16(20-11-19-14)21-13-7-8-13/h2-6,9-11,13H,7-8H2,1H3,(H,19,20,21). The summed E-state index contributed by atoms with van der Waals surface area (Å²) >= 11 is 1.42. The molecule has 7 heteroatoms. The van der Waals surface area contributed by atoms with Crippen LogP contribution in [-0.2, 0) is 0 Å². The van der Waals surface area contributed by atoms with Gasteiger partial charge in [-0.15, -0.1) is 11.3 Å². The molecular weight excluding hydrogens is 334 g/mol. The van der Waals surface area contributed by atoms with Gasteiger partial charge in [0.05, 0.1) is 5.69 Å². The molecule has 1 N–H and O–H groups in total. The number of amides is 1. The first kappa shape index (κ1) is 15.7. The van der Waals surface area contributed by atoms with E-state index in [2.05, 4.69) is 20.3 Å². The summed E-state index contributed by atoms with van der Waals surface area (Å²) in [6.45, 7) is 0. The van der Waals surface area contributed by atoms with Crippen molar-refractivity contribution < 1.29 is 4.79 Å². The highest BCUT2D eigenvalue weighted by Gasteiger charge is 2.22. The summed E-state index contributed by atoms with van der Waals surface area (Å²) in [5, 5.41) is 5.90. The number of nitrogens with one attached hydrogen (secondary N) is 1. The van der Waals surface area contributed by atoms with Crippen LogP contribution in [0.5, 0.6) is 0 Å². The van der Waals surface area contributed by atoms with E-state index in [1.807, 2.05) is 29.6 Å². The summed E-state index contributed by atoms with van der Waals surface area (Å²) in [4.78, 5) is 27.2. The molecule has 1 aliphatic rings. The van der Waals surface area contributed by atoms with Gasteiger partial charge in [0.1, 0.15) is 17.8 Å². The molecule has 6 nitrogen and oxygen atoms in total. The van der Waals surface area contributed by atoms with E-state index in [1.54, 1.807) is 24.1 Å². The number of carbonyl (C=O) groups excluding carboxylic acids is 1. The van der Waals surface area contributed by atoms with Gasteiger partial charge in [-0.2, -0.15) is 0 Å². The van der Waals surface area contributed by atoms with E-state index in [1.165, 1.54) is 30.5 Å². The molecule has 0 unspecified atom stereocenters. The van der Waals surface area contributed by atoms with Crippen molar-refractivity contribution in [3.8, 4) is 11.4 Å². The van der Waals surface area contributed by atoms with Crippen molar-refractivity contribution in [1.29, 1.82) is 0 Å². The zero-order chi connectivity index (χ0) is 17.2. The maximum Gasteiger partial charge on any atom is 0.259 e. The lowest BCUT2D eigenvalue weighted by molar-refractivity contribution is 0.0993. The zero-order valence-electron chi connectivity index (χ0n) is 13.7. The predicted molar refractivity (Wildman–Crippen MR) is 99.0 cm³/mol. The van der Waals surface area contributed by atoms with Gasteiger partial charge in [0.15, 0.2) is 5.13 Å². The Labute approximate surface area is 149 Å². The molecule has 3 aromatic rings. The molecule has 1 amide bonds. The van der Waals surface area contributed by atoms with Crippen molar-refractivity contribution in [3.05, 3.63) is 53.7 Å². The van der Waals surface area contributed by atoms with Crippen LogP contribution in [0, 0.1) is 0 Å². The van der Waals surface area contributed by atoms with Gasteiger partial charge in [-0.05, 0) is 25.0 Å². The molecule has 0 spiro atoms. The van der Waals surface area contributed by atoms with Gasteiger partial charge < -0.3 is 5.32 Å². The van der Waals surface area contributed by atoms with Crippen LogP contribution in [0.25, 0.3) is 11.4 Å². The summed E-state index contributed by atoms with van der Waals surface area (Å²) < 4.78 is 0. The number of rotatable bonds is 5. The van der Waals surface area contributed by atoms with Crippen LogP contribution in [0.3, 0.4) is 0 Å². The Morgan fingerprint density at radius 2 is 2.00 bits per heavy atom. The van der Waals surface area contributed by atoms with Crippen molar-refractivity contribution in [2.24, 2.45) is 0 Å². The summed E-state index contributed by atoms with van der Waals surface area (Å²) in [5.74, 6) is 0.732. The Bertz CT molecular complexity index is 891. The van der Waals surface area contributed by atoms with E-state index >= 15 is 0 Å².